The van der Waals surface area contributed by atoms with Crippen LogP contribution in [0.25, 0.3) is 10.9 Å². The monoisotopic (exact) mass is 554 g/mol. The standard InChI is InChI=1S/C30H32Cl2N2O4/c1-38-25-6-7-28-27(18-25)26(10-12-33-28)29(35)8-4-21-11-14-34(19-22(21)5-9-30(36)37)13-2-3-20-15-23(31)17-24(32)16-20/h6-7,10,12,15-18,21-22,29,35H,4-5,8-9,11,13-14,19H2,1H3,(H,36,37)/t21-,22+,29?/m1/s1. The molecule has 1 aliphatic heterocycles. The van der Waals surface area contributed by atoms with Crippen molar-refractivity contribution in [2.45, 2.75) is 38.2 Å². The van der Waals surface area contributed by atoms with E-state index in [1.807, 2.05) is 24.3 Å². The van der Waals surface area contributed by atoms with Crippen LogP contribution in [-0.2, 0) is 4.79 Å². The Morgan fingerprint density at radius 3 is 2.68 bits per heavy atom. The van der Waals surface area contributed by atoms with Crippen molar-refractivity contribution in [2.75, 3.05) is 26.7 Å². The maximum atomic E-state index is 11.3. The zero-order valence-corrected chi connectivity index (χ0v) is 22.9. The average molecular weight is 556 g/mol. The van der Waals surface area contributed by atoms with Gasteiger partial charge < -0.3 is 14.9 Å². The fourth-order valence-electron chi connectivity index (χ4n) is 5.29. The molecule has 1 saturated heterocycles. The van der Waals surface area contributed by atoms with Gasteiger partial charge in [-0.1, -0.05) is 35.0 Å². The van der Waals surface area contributed by atoms with Crippen LogP contribution in [0.5, 0.6) is 5.75 Å². The van der Waals surface area contributed by atoms with Gasteiger partial charge in [-0.05, 0) is 92.1 Å². The normalized spacial score (nSPS) is 18.5. The summed E-state index contributed by atoms with van der Waals surface area (Å²) in [5.74, 6) is 6.84. The maximum Gasteiger partial charge on any atom is 0.303 e. The van der Waals surface area contributed by atoms with Gasteiger partial charge in [-0.3, -0.25) is 14.7 Å². The molecule has 0 bridgehead atoms. The number of aliphatic hydroxyl groups excluding tert-OH is 1. The molecule has 0 amide bonds. The number of rotatable bonds is 9. The molecule has 6 nitrogen and oxygen atoms in total. The number of nitrogens with zero attached hydrogens (tertiary/aromatic N) is 2. The third kappa shape index (κ3) is 7.61. The zero-order valence-electron chi connectivity index (χ0n) is 21.4. The molecule has 3 aromatic rings. The highest BCUT2D eigenvalue weighted by Crippen LogP contribution is 2.35. The van der Waals surface area contributed by atoms with Gasteiger partial charge in [0.25, 0.3) is 0 Å². The number of piperidine rings is 1. The summed E-state index contributed by atoms with van der Waals surface area (Å²) in [5, 5.41) is 22.4. The van der Waals surface area contributed by atoms with Gasteiger partial charge in [0.2, 0.25) is 0 Å². The van der Waals surface area contributed by atoms with Gasteiger partial charge in [-0.15, -0.1) is 0 Å². The minimum absolute atomic E-state index is 0.138. The molecule has 0 aliphatic carbocycles. The highest BCUT2D eigenvalue weighted by atomic mass is 35.5. The number of ether oxygens (including phenoxy) is 1. The van der Waals surface area contributed by atoms with Crippen LogP contribution in [0.2, 0.25) is 10.0 Å². The Balaban J connectivity index is 1.40. The number of aliphatic carboxylic acids is 1. The maximum absolute atomic E-state index is 11.3. The summed E-state index contributed by atoms with van der Waals surface area (Å²) in [6.07, 6.45) is 4.19. The first-order valence-corrected chi connectivity index (χ1v) is 13.6. The van der Waals surface area contributed by atoms with E-state index in [0.29, 0.717) is 35.3 Å². The molecule has 0 radical (unpaired) electrons. The molecule has 1 unspecified atom stereocenters. The van der Waals surface area contributed by atoms with E-state index >= 15 is 0 Å². The second-order valence-electron chi connectivity index (χ2n) is 9.81. The van der Waals surface area contributed by atoms with Crippen molar-refractivity contribution < 1.29 is 19.7 Å². The number of carbonyl (C=O) groups is 1. The molecule has 3 atom stereocenters. The molecule has 2 aromatic carbocycles. The number of aliphatic hydroxyl groups is 1. The van der Waals surface area contributed by atoms with E-state index in [2.05, 4.69) is 21.7 Å². The topological polar surface area (TPSA) is 82.9 Å². The summed E-state index contributed by atoms with van der Waals surface area (Å²) in [6, 6.07) is 12.8. The molecule has 0 spiro atoms. The van der Waals surface area contributed by atoms with Gasteiger partial charge >= 0.3 is 5.97 Å². The third-order valence-electron chi connectivity index (χ3n) is 7.25. The van der Waals surface area contributed by atoms with Crippen molar-refractivity contribution in [3.8, 4) is 17.6 Å². The van der Waals surface area contributed by atoms with Crippen LogP contribution in [0, 0.1) is 23.7 Å². The molecule has 8 heteroatoms. The Morgan fingerprint density at radius 1 is 1.16 bits per heavy atom. The first-order valence-electron chi connectivity index (χ1n) is 12.8. The lowest BCUT2D eigenvalue weighted by Gasteiger charge is -2.38. The van der Waals surface area contributed by atoms with E-state index in [-0.39, 0.29) is 12.3 Å². The van der Waals surface area contributed by atoms with Crippen molar-refractivity contribution >= 4 is 40.1 Å². The molecule has 2 N–H and O–H groups in total. The first-order chi connectivity index (χ1) is 18.3. The molecule has 1 fully saturated rings. The number of hydrogen-bond acceptors (Lipinski definition) is 5. The Labute approximate surface area is 233 Å². The average Bonchev–Trinajstić information content (AvgIpc) is 2.89. The molecule has 1 aliphatic rings. The number of hydrogen-bond donors (Lipinski definition) is 2. The van der Waals surface area contributed by atoms with Crippen LogP contribution in [0.3, 0.4) is 0 Å². The first kappa shape index (κ1) is 28.2. The van der Waals surface area contributed by atoms with Crippen LogP contribution in [0.15, 0.2) is 48.7 Å². The smallest absolute Gasteiger partial charge is 0.303 e. The van der Waals surface area contributed by atoms with Crippen LogP contribution in [0.1, 0.15) is 49.3 Å². The summed E-state index contributed by atoms with van der Waals surface area (Å²) < 4.78 is 5.36. The van der Waals surface area contributed by atoms with Gasteiger partial charge in [-0.2, -0.15) is 0 Å². The number of carboxylic acids is 1. The largest absolute Gasteiger partial charge is 0.497 e. The predicted octanol–water partition coefficient (Wildman–Crippen LogP) is 6.22. The minimum atomic E-state index is -0.782. The van der Waals surface area contributed by atoms with Crippen molar-refractivity contribution in [3.63, 3.8) is 0 Å². The second kappa shape index (κ2) is 13.3. The number of carboxylic acid groups (broad SMARTS) is 1. The number of fused-ring (bicyclic) bond motifs is 1. The van der Waals surface area contributed by atoms with E-state index in [9.17, 15) is 15.0 Å². The Bertz CT molecular complexity index is 1320. The summed E-state index contributed by atoms with van der Waals surface area (Å²) in [4.78, 5) is 18.0. The van der Waals surface area contributed by atoms with E-state index in [1.165, 1.54) is 0 Å². The molecule has 0 saturated carbocycles. The number of halogens is 2. The van der Waals surface area contributed by atoms with Crippen molar-refractivity contribution in [3.05, 3.63) is 69.8 Å². The highest BCUT2D eigenvalue weighted by Gasteiger charge is 2.30. The lowest BCUT2D eigenvalue weighted by molar-refractivity contribution is -0.137. The van der Waals surface area contributed by atoms with Gasteiger partial charge in [0, 0.05) is 40.2 Å². The van der Waals surface area contributed by atoms with E-state index in [0.717, 1.165) is 53.7 Å². The molecule has 1 aromatic heterocycles. The van der Waals surface area contributed by atoms with Crippen LogP contribution in [0.4, 0.5) is 0 Å². The fraction of sp³-hybridized carbons (Fsp3) is 0.400. The summed E-state index contributed by atoms with van der Waals surface area (Å²) in [6.45, 7) is 2.26. The molecular weight excluding hydrogens is 523 g/mol. The minimum Gasteiger partial charge on any atom is -0.497 e. The van der Waals surface area contributed by atoms with Crippen molar-refractivity contribution in [1.29, 1.82) is 0 Å². The third-order valence-corrected chi connectivity index (χ3v) is 7.69. The van der Waals surface area contributed by atoms with E-state index < -0.39 is 12.1 Å². The van der Waals surface area contributed by atoms with E-state index in [1.54, 1.807) is 31.5 Å². The quantitative estimate of drug-likeness (QED) is 0.305. The van der Waals surface area contributed by atoms with Gasteiger partial charge in [0.15, 0.2) is 0 Å². The van der Waals surface area contributed by atoms with Crippen LogP contribution < -0.4 is 4.74 Å². The molecule has 200 valence electrons. The molecule has 4 rings (SSSR count). The summed E-state index contributed by atoms with van der Waals surface area (Å²) in [7, 11) is 1.62. The molecule has 2 heterocycles. The SMILES string of the molecule is COc1ccc2nccc(C(O)CC[C@@H]3CCN(CC#Cc4cc(Cl)cc(Cl)c4)C[C@@H]3CCC(=O)O)c2c1. The predicted molar refractivity (Wildman–Crippen MR) is 151 cm³/mol. The lowest BCUT2D eigenvalue weighted by Crippen LogP contribution is -2.41. The number of methoxy groups -OCH3 is 1. The second-order valence-corrected chi connectivity index (χ2v) is 10.7. The summed E-state index contributed by atoms with van der Waals surface area (Å²) in [5.41, 5.74) is 2.43. The highest BCUT2D eigenvalue weighted by molar-refractivity contribution is 6.34. The van der Waals surface area contributed by atoms with Gasteiger partial charge in [0.1, 0.15) is 5.75 Å². The Morgan fingerprint density at radius 2 is 1.95 bits per heavy atom. The number of benzene rings is 2. The van der Waals surface area contributed by atoms with Crippen molar-refractivity contribution in [2.24, 2.45) is 11.8 Å². The van der Waals surface area contributed by atoms with Crippen LogP contribution in [-0.4, -0.2) is 52.8 Å². The zero-order chi connectivity index (χ0) is 27.1. The lowest BCUT2D eigenvalue weighted by atomic mass is 9.79. The Kier molecular flexibility index (Phi) is 9.87. The molecule has 38 heavy (non-hydrogen) atoms. The number of likely N-dealkylation sites (tertiary alicyclic amines) is 1. The fourth-order valence-corrected chi connectivity index (χ4v) is 5.81. The molecular formula is C30H32Cl2N2O4. The number of pyridine rings is 1. The van der Waals surface area contributed by atoms with E-state index in [4.69, 9.17) is 27.9 Å². The van der Waals surface area contributed by atoms with Crippen molar-refractivity contribution in [1.82, 2.24) is 9.88 Å². The number of aromatic nitrogens is 1. The summed E-state index contributed by atoms with van der Waals surface area (Å²) >= 11 is 12.1. The Hall–Kier alpha value is -2.82. The van der Waals surface area contributed by atoms with Gasteiger partial charge in [0.05, 0.1) is 25.3 Å². The van der Waals surface area contributed by atoms with Crippen LogP contribution >= 0.6 is 23.2 Å². The van der Waals surface area contributed by atoms with Gasteiger partial charge in [-0.25, -0.2) is 0 Å².